The highest BCUT2D eigenvalue weighted by atomic mass is 35.5. The molecule has 1 aromatic rings. The Labute approximate surface area is 129 Å². The molecule has 5 N–H and O–H groups in total. The van der Waals surface area contributed by atoms with E-state index in [0.717, 1.165) is 5.56 Å². The molecule has 21 heavy (non-hydrogen) atoms. The maximum Gasteiger partial charge on any atom is 0.352 e. The highest BCUT2D eigenvalue weighted by Gasteiger charge is 2.26. The largest absolute Gasteiger partial charge is 0.456 e. The fraction of sp³-hybridized carbons (Fsp3) is 0.357. The van der Waals surface area contributed by atoms with Crippen LogP contribution in [0.15, 0.2) is 30.3 Å². The molecule has 1 unspecified atom stereocenters. The molecule has 0 radical (unpaired) electrons. The number of carbonyl (C=O) groups excluding carboxylic acids is 2. The van der Waals surface area contributed by atoms with Crippen LogP contribution in [0.5, 0.6) is 0 Å². The molecule has 0 spiro atoms. The van der Waals surface area contributed by atoms with Crippen molar-refractivity contribution in [3.8, 4) is 0 Å². The molecule has 0 fully saturated rings. The van der Waals surface area contributed by atoms with Crippen LogP contribution in [-0.2, 0) is 20.9 Å². The summed E-state index contributed by atoms with van der Waals surface area (Å²) in [5.41, 5.74) is 10.4. The third kappa shape index (κ3) is 7.43. The lowest BCUT2D eigenvalue weighted by Crippen LogP contribution is -2.43. The number of primary amides is 1. The van der Waals surface area contributed by atoms with Crippen LogP contribution < -0.4 is 11.5 Å². The Morgan fingerprint density at radius 3 is 2.33 bits per heavy atom. The number of hydrogen-bond donors (Lipinski definition) is 3. The molecule has 6 nitrogen and oxygen atoms in total. The summed E-state index contributed by atoms with van der Waals surface area (Å²) in [7, 11) is 0. The smallest absolute Gasteiger partial charge is 0.352 e. The number of hydrogen-bond acceptors (Lipinski definition) is 5. The van der Waals surface area contributed by atoms with E-state index in [9.17, 15) is 9.59 Å². The molecule has 0 aromatic heterocycles. The average Bonchev–Trinajstić information content (AvgIpc) is 2.34. The lowest BCUT2D eigenvalue weighted by molar-refractivity contribution is -0.137. The van der Waals surface area contributed by atoms with Gasteiger partial charge < -0.3 is 16.2 Å². The Kier molecular flexibility index (Phi) is 7.62. The number of benzene rings is 1. The average molecular weight is 314 g/mol. The van der Waals surface area contributed by atoms with Gasteiger partial charge in [0.2, 0.25) is 5.91 Å². The van der Waals surface area contributed by atoms with E-state index in [1.165, 1.54) is 0 Å². The van der Waals surface area contributed by atoms with E-state index in [2.05, 4.69) is 0 Å². The zero-order valence-corrected chi connectivity index (χ0v) is 12.6. The number of nitrogens with one attached hydrogen (secondary N) is 1. The fourth-order valence-corrected chi connectivity index (χ4v) is 1.75. The first-order valence-electron chi connectivity index (χ1n) is 6.16. The van der Waals surface area contributed by atoms with Crippen LogP contribution >= 0.6 is 12.4 Å². The van der Waals surface area contributed by atoms with E-state index < -0.39 is 17.4 Å². The van der Waals surface area contributed by atoms with Crippen molar-refractivity contribution < 1.29 is 14.3 Å². The van der Waals surface area contributed by atoms with Crippen molar-refractivity contribution >= 4 is 30.0 Å². The predicted octanol–water partition coefficient (Wildman–Crippen LogP) is 1.15. The predicted molar refractivity (Wildman–Crippen MR) is 82.2 cm³/mol. The first kappa shape index (κ1) is 19.1. The van der Waals surface area contributed by atoms with Gasteiger partial charge in [-0.05, 0) is 12.5 Å². The second-order valence-electron chi connectivity index (χ2n) is 5.01. The van der Waals surface area contributed by atoms with E-state index in [1.807, 2.05) is 30.3 Å². The summed E-state index contributed by atoms with van der Waals surface area (Å²) in [6, 6.07) is 9.15. The van der Waals surface area contributed by atoms with Crippen molar-refractivity contribution in [1.29, 1.82) is 5.41 Å². The molecule has 1 atom stereocenters. The summed E-state index contributed by atoms with van der Waals surface area (Å²) in [5, 5.41) is 7.65. The van der Waals surface area contributed by atoms with E-state index in [0.29, 0.717) is 0 Å². The minimum Gasteiger partial charge on any atom is -0.456 e. The van der Waals surface area contributed by atoms with Gasteiger partial charge >= 0.3 is 5.97 Å². The van der Waals surface area contributed by atoms with Crippen LogP contribution in [0.2, 0.25) is 0 Å². The zero-order valence-electron chi connectivity index (χ0n) is 11.8. The highest BCUT2D eigenvalue weighted by molar-refractivity contribution is 6.35. The fourth-order valence-electron chi connectivity index (χ4n) is 1.75. The van der Waals surface area contributed by atoms with Gasteiger partial charge in [-0.1, -0.05) is 30.3 Å². The van der Waals surface area contributed by atoms with Crippen molar-refractivity contribution in [1.82, 2.24) is 0 Å². The Bertz CT molecular complexity index is 503. The first-order valence-corrected chi connectivity index (χ1v) is 6.16. The summed E-state index contributed by atoms with van der Waals surface area (Å²) in [6.07, 6.45) is -0.162. The van der Waals surface area contributed by atoms with Gasteiger partial charge in [-0.25, -0.2) is 4.79 Å². The summed E-state index contributed by atoms with van der Waals surface area (Å²) < 4.78 is 5.01. The molecule has 0 saturated heterocycles. The maximum absolute atomic E-state index is 11.7. The van der Waals surface area contributed by atoms with Crippen molar-refractivity contribution in [2.24, 2.45) is 11.5 Å². The number of halogens is 1. The molecule has 0 bridgehead atoms. The van der Waals surface area contributed by atoms with Gasteiger partial charge in [0.15, 0.2) is 0 Å². The van der Waals surface area contributed by atoms with Gasteiger partial charge in [0, 0.05) is 18.4 Å². The number of rotatable bonds is 7. The molecule has 1 rings (SSSR count). The molecule has 0 aliphatic heterocycles. The third-order valence-corrected chi connectivity index (χ3v) is 2.62. The summed E-state index contributed by atoms with van der Waals surface area (Å²) in [4.78, 5) is 22.5. The zero-order chi connectivity index (χ0) is 15.2. The first-order chi connectivity index (χ1) is 9.30. The molecule has 1 amide bonds. The molecule has 0 aliphatic carbocycles. The van der Waals surface area contributed by atoms with Gasteiger partial charge in [-0.3, -0.25) is 10.2 Å². The normalized spacial score (nSPS) is 12.7. The summed E-state index contributed by atoms with van der Waals surface area (Å²) in [5.74, 6) is -1.31. The molecular weight excluding hydrogens is 294 g/mol. The lowest BCUT2D eigenvalue weighted by atomic mass is 9.92. The number of carbonyl (C=O) groups is 2. The number of nitrogens with two attached hydrogens (primary N) is 2. The van der Waals surface area contributed by atoms with Gasteiger partial charge in [0.1, 0.15) is 12.3 Å². The van der Waals surface area contributed by atoms with Crippen molar-refractivity contribution in [3.63, 3.8) is 0 Å². The van der Waals surface area contributed by atoms with E-state index in [4.69, 9.17) is 21.6 Å². The molecule has 1 aromatic carbocycles. The van der Waals surface area contributed by atoms with Crippen molar-refractivity contribution in [2.75, 3.05) is 0 Å². The van der Waals surface area contributed by atoms with Gasteiger partial charge in [0.25, 0.3) is 0 Å². The topological polar surface area (TPSA) is 119 Å². The summed E-state index contributed by atoms with van der Waals surface area (Å²) >= 11 is 0. The van der Waals surface area contributed by atoms with Crippen LogP contribution in [0.3, 0.4) is 0 Å². The maximum atomic E-state index is 11.7. The molecule has 7 heteroatoms. The third-order valence-electron chi connectivity index (χ3n) is 2.62. The molecule has 0 heterocycles. The van der Waals surface area contributed by atoms with Crippen LogP contribution in [0.25, 0.3) is 0 Å². The molecule has 0 aliphatic rings. The minimum atomic E-state index is -1.02. The highest BCUT2D eigenvalue weighted by Crippen LogP contribution is 2.12. The quantitative estimate of drug-likeness (QED) is 0.516. The number of esters is 1. The van der Waals surface area contributed by atoms with Crippen LogP contribution in [0, 0.1) is 5.41 Å². The SMILES string of the molecule is CC(N)(CC(=N)C(=O)OCc1ccccc1)CC(N)=O.Cl. The number of ether oxygens (including phenoxy) is 1. The van der Waals surface area contributed by atoms with Gasteiger partial charge in [0.05, 0.1) is 0 Å². The monoisotopic (exact) mass is 313 g/mol. The van der Waals surface area contributed by atoms with Gasteiger partial charge in [-0.15, -0.1) is 12.4 Å². The summed E-state index contributed by atoms with van der Waals surface area (Å²) in [6.45, 7) is 1.66. The Hall–Kier alpha value is -1.92. The van der Waals surface area contributed by atoms with E-state index >= 15 is 0 Å². The lowest BCUT2D eigenvalue weighted by Gasteiger charge is -2.22. The molecule has 116 valence electrons. The second kappa shape index (κ2) is 8.39. The van der Waals surface area contributed by atoms with Crippen molar-refractivity contribution in [2.45, 2.75) is 31.9 Å². The minimum absolute atomic E-state index is 0. The standard InChI is InChI=1S/C14H19N3O3.ClH/c1-14(17,8-12(16)18)7-11(15)13(19)20-9-10-5-3-2-4-6-10;/h2-6,15H,7-9,17H2,1H3,(H2,16,18);1H. The molecule has 0 saturated carbocycles. The Morgan fingerprint density at radius 1 is 1.24 bits per heavy atom. The number of amides is 1. The van der Waals surface area contributed by atoms with Crippen LogP contribution in [-0.4, -0.2) is 23.1 Å². The van der Waals surface area contributed by atoms with Crippen LogP contribution in [0.4, 0.5) is 0 Å². The van der Waals surface area contributed by atoms with Crippen LogP contribution in [0.1, 0.15) is 25.3 Å². The van der Waals surface area contributed by atoms with E-state index in [-0.39, 0.29) is 37.6 Å². The van der Waals surface area contributed by atoms with Gasteiger partial charge in [-0.2, -0.15) is 0 Å². The van der Waals surface area contributed by atoms with Crippen molar-refractivity contribution in [3.05, 3.63) is 35.9 Å². The second-order valence-corrected chi connectivity index (χ2v) is 5.01. The Morgan fingerprint density at radius 2 is 1.81 bits per heavy atom. The molecular formula is C14H20ClN3O3. The Balaban J connectivity index is 0.00000400. The van der Waals surface area contributed by atoms with E-state index in [1.54, 1.807) is 6.92 Å².